The van der Waals surface area contributed by atoms with Gasteiger partial charge in [-0.25, -0.2) is 4.39 Å². The molecule has 1 aromatic carbocycles. The lowest BCUT2D eigenvalue weighted by atomic mass is 10.1. The maximum absolute atomic E-state index is 13.4. The molecule has 112 valence electrons. The summed E-state index contributed by atoms with van der Waals surface area (Å²) in [5, 5.41) is 12.3. The molecule has 0 spiro atoms. The van der Waals surface area contributed by atoms with Gasteiger partial charge in [0.15, 0.2) is 0 Å². The topological polar surface area (TPSA) is 56.5 Å². The van der Waals surface area contributed by atoms with Crippen molar-refractivity contribution in [1.29, 1.82) is 0 Å². The van der Waals surface area contributed by atoms with Crippen LogP contribution in [0.5, 0.6) is 0 Å². The Balaban J connectivity index is 1.77. The molecule has 23 heavy (non-hydrogen) atoms. The number of hydrogen-bond donors (Lipinski definition) is 0. The number of halogens is 1. The molecule has 5 nitrogen and oxygen atoms in total. The maximum atomic E-state index is 13.4. The van der Waals surface area contributed by atoms with E-state index in [1.54, 1.807) is 24.7 Å². The van der Waals surface area contributed by atoms with Gasteiger partial charge in [0.2, 0.25) is 0 Å². The molecule has 0 bridgehead atoms. The highest BCUT2D eigenvalue weighted by Crippen LogP contribution is 2.23. The van der Waals surface area contributed by atoms with Crippen molar-refractivity contribution in [3.8, 4) is 11.1 Å². The minimum absolute atomic E-state index is 0.268. The summed E-state index contributed by atoms with van der Waals surface area (Å²) in [5.41, 5.74) is 4.10. The lowest BCUT2D eigenvalue weighted by Gasteiger charge is -2.05. The van der Waals surface area contributed by atoms with Crippen LogP contribution in [0.25, 0.3) is 22.2 Å². The quantitative estimate of drug-likeness (QED) is 0.583. The van der Waals surface area contributed by atoms with Gasteiger partial charge in [-0.05, 0) is 35.9 Å². The molecular weight excluding hydrogens is 293 g/mol. The highest BCUT2D eigenvalue weighted by Gasteiger charge is 2.08. The third-order valence-electron chi connectivity index (χ3n) is 3.59. The summed E-state index contributed by atoms with van der Waals surface area (Å²) in [6.07, 6.45) is 5.07. The summed E-state index contributed by atoms with van der Waals surface area (Å²) in [7, 11) is 0. The number of benzene rings is 1. The number of aromatic nitrogens is 5. The highest BCUT2D eigenvalue weighted by atomic mass is 19.1. The maximum Gasteiger partial charge on any atom is 0.123 e. The van der Waals surface area contributed by atoms with E-state index in [0.717, 1.165) is 27.9 Å². The van der Waals surface area contributed by atoms with Crippen LogP contribution in [0.3, 0.4) is 0 Å². The molecule has 0 aliphatic rings. The third kappa shape index (κ3) is 2.66. The minimum Gasteiger partial charge on any atom is -0.257 e. The van der Waals surface area contributed by atoms with Crippen LogP contribution >= 0.6 is 0 Å². The van der Waals surface area contributed by atoms with Crippen molar-refractivity contribution in [2.24, 2.45) is 0 Å². The van der Waals surface area contributed by atoms with E-state index < -0.39 is 0 Å². The monoisotopic (exact) mass is 305 g/mol. The molecule has 0 amide bonds. The average molecular weight is 305 g/mol. The molecular formula is C17H12FN5. The Bertz CT molecular complexity index is 965. The predicted octanol–water partition coefficient (Wildman–Crippen LogP) is 3.08. The molecule has 0 aliphatic carbocycles. The van der Waals surface area contributed by atoms with Crippen LogP contribution in [-0.2, 0) is 6.54 Å². The van der Waals surface area contributed by atoms with Crippen molar-refractivity contribution in [3.05, 3.63) is 72.6 Å². The van der Waals surface area contributed by atoms with Crippen LogP contribution in [0.2, 0.25) is 0 Å². The zero-order valence-electron chi connectivity index (χ0n) is 12.1. The van der Waals surface area contributed by atoms with E-state index in [2.05, 4.69) is 20.3 Å². The van der Waals surface area contributed by atoms with Gasteiger partial charge in [0.1, 0.15) is 11.3 Å². The van der Waals surface area contributed by atoms with E-state index in [0.29, 0.717) is 6.54 Å². The van der Waals surface area contributed by atoms with E-state index in [4.69, 9.17) is 0 Å². The fourth-order valence-corrected chi connectivity index (χ4v) is 2.48. The molecule has 3 heterocycles. The Hall–Kier alpha value is -3.15. The van der Waals surface area contributed by atoms with Gasteiger partial charge in [-0.3, -0.25) is 9.67 Å². The SMILES string of the molecule is Fc1cccc(-c2cnc3cnn(Cc4cccnn4)c3c2)c1. The Morgan fingerprint density at radius 2 is 1.96 bits per heavy atom. The van der Waals surface area contributed by atoms with Crippen molar-refractivity contribution < 1.29 is 4.39 Å². The standard InChI is InChI=1S/C17H12FN5/c18-14-4-1-3-12(7-14)13-8-17-16(19-9-13)10-21-23(17)11-15-5-2-6-20-22-15/h1-10H,11H2. The Kier molecular flexibility index (Phi) is 3.27. The van der Waals surface area contributed by atoms with Crippen LogP contribution in [0.1, 0.15) is 5.69 Å². The molecule has 0 radical (unpaired) electrons. The van der Waals surface area contributed by atoms with Gasteiger partial charge in [0, 0.05) is 18.0 Å². The number of hydrogen-bond acceptors (Lipinski definition) is 4. The molecule has 0 aliphatic heterocycles. The van der Waals surface area contributed by atoms with Crippen LogP contribution in [-0.4, -0.2) is 25.0 Å². The van der Waals surface area contributed by atoms with Gasteiger partial charge in [0.25, 0.3) is 0 Å². The van der Waals surface area contributed by atoms with Crippen LogP contribution in [0.4, 0.5) is 4.39 Å². The molecule has 0 atom stereocenters. The smallest absolute Gasteiger partial charge is 0.123 e. The summed E-state index contributed by atoms with van der Waals surface area (Å²) >= 11 is 0. The van der Waals surface area contributed by atoms with Gasteiger partial charge in [-0.2, -0.15) is 15.3 Å². The van der Waals surface area contributed by atoms with Crippen LogP contribution < -0.4 is 0 Å². The van der Waals surface area contributed by atoms with Gasteiger partial charge < -0.3 is 0 Å². The minimum atomic E-state index is -0.268. The number of pyridine rings is 1. The normalized spacial score (nSPS) is 11.0. The lowest BCUT2D eigenvalue weighted by Crippen LogP contribution is -2.04. The molecule has 4 aromatic rings. The van der Waals surface area contributed by atoms with E-state index in [9.17, 15) is 4.39 Å². The Labute approximate surface area is 131 Å². The molecule has 0 unspecified atom stereocenters. The molecule has 0 N–H and O–H groups in total. The molecule has 6 heteroatoms. The zero-order chi connectivity index (χ0) is 15.6. The second-order valence-corrected chi connectivity index (χ2v) is 5.16. The summed E-state index contributed by atoms with van der Waals surface area (Å²) in [6, 6.07) is 12.1. The van der Waals surface area contributed by atoms with Crippen molar-refractivity contribution in [3.63, 3.8) is 0 Å². The number of nitrogens with zero attached hydrogens (tertiary/aromatic N) is 5. The van der Waals surface area contributed by atoms with Gasteiger partial charge in [-0.15, -0.1) is 0 Å². The van der Waals surface area contributed by atoms with Crippen molar-refractivity contribution >= 4 is 11.0 Å². The highest BCUT2D eigenvalue weighted by molar-refractivity contribution is 5.80. The van der Waals surface area contributed by atoms with E-state index in [1.807, 2.05) is 28.9 Å². The Morgan fingerprint density at radius 1 is 1.00 bits per heavy atom. The molecule has 0 fully saturated rings. The third-order valence-corrected chi connectivity index (χ3v) is 3.59. The zero-order valence-corrected chi connectivity index (χ0v) is 12.1. The molecule has 0 saturated heterocycles. The first kappa shape index (κ1) is 13.5. The lowest BCUT2D eigenvalue weighted by molar-refractivity contribution is 0.628. The van der Waals surface area contributed by atoms with Crippen LogP contribution in [0, 0.1) is 5.82 Å². The first-order valence-electron chi connectivity index (χ1n) is 7.14. The number of rotatable bonds is 3. The van der Waals surface area contributed by atoms with E-state index in [-0.39, 0.29) is 5.82 Å². The van der Waals surface area contributed by atoms with Gasteiger partial charge in [-0.1, -0.05) is 12.1 Å². The first-order valence-corrected chi connectivity index (χ1v) is 7.14. The average Bonchev–Trinajstić information content (AvgIpc) is 2.98. The van der Waals surface area contributed by atoms with Crippen molar-refractivity contribution in [2.45, 2.75) is 6.54 Å². The van der Waals surface area contributed by atoms with Gasteiger partial charge in [0.05, 0.1) is 24.0 Å². The largest absolute Gasteiger partial charge is 0.257 e. The fraction of sp³-hybridized carbons (Fsp3) is 0.0588. The molecule has 4 rings (SSSR count). The van der Waals surface area contributed by atoms with E-state index in [1.165, 1.54) is 12.1 Å². The number of fused-ring (bicyclic) bond motifs is 1. The molecule has 3 aromatic heterocycles. The van der Waals surface area contributed by atoms with Crippen LogP contribution in [0.15, 0.2) is 61.1 Å². The predicted molar refractivity (Wildman–Crippen MR) is 84.1 cm³/mol. The van der Waals surface area contributed by atoms with Crippen molar-refractivity contribution in [1.82, 2.24) is 25.0 Å². The second kappa shape index (κ2) is 5.57. The summed E-state index contributed by atoms with van der Waals surface area (Å²) in [6.45, 7) is 0.506. The summed E-state index contributed by atoms with van der Waals surface area (Å²) in [5.74, 6) is -0.268. The fourth-order valence-electron chi connectivity index (χ4n) is 2.48. The van der Waals surface area contributed by atoms with Gasteiger partial charge >= 0.3 is 0 Å². The summed E-state index contributed by atoms with van der Waals surface area (Å²) < 4.78 is 15.2. The summed E-state index contributed by atoms with van der Waals surface area (Å²) in [4.78, 5) is 4.41. The first-order chi connectivity index (χ1) is 11.3. The van der Waals surface area contributed by atoms with E-state index >= 15 is 0 Å². The Morgan fingerprint density at radius 3 is 2.78 bits per heavy atom. The molecule has 0 saturated carbocycles. The second-order valence-electron chi connectivity index (χ2n) is 5.16. The van der Waals surface area contributed by atoms with Crippen molar-refractivity contribution in [2.75, 3.05) is 0 Å².